The molecule has 0 atom stereocenters. The van der Waals surface area contributed by atoms with Gasteiger partial charge < -0.3 is 0 Å². The van der Waals surface area contributed by atoms with Crippen molar-refractivity contribution in [2.75, 3.05) is 26.2 Å². The van der Waals surface area contributed by atoms with Gasteiger partial charge in [-0.2, -0.15) is 8.61 Å². The van der Waals surface area contributed by atoms with Crippen molar-refractivity contribution >= 4 is 66.5 Å². The molecular formula is C18H18Cl4N2O4S2. The molecule has 0 spiro atoms. The highest BCUT2D eigenvalue weighted by Gasteiger charge is 2.36. The summed E-state index contributed by atoms with van der Waals surface area (Å²) in [5, 5.41) is 0.844. The summed E-state index contributed by atoms with van der Waals surface area (Å²) in [7, 11) is -7.82. The van der Waals surface area contributed by atoms with Crippen LogP contribution in [-0.4, -0.2) is 51.6 Å². The van der Waals surface area contributed by atoms with E-state index < -0.39 is 20.0 Å². The molecule has 0 bridgehead atoms. The second kappa shape index (κ2) is 8.75. The van der Waals surface area contributed by atoms with Gasteiger partial charge in [-0.15, -0.1) is 0 Å². The standard InChI is InChI=1S/C18H18Cl4N2O4S2/c1-11-13(19)3-5-15(17(11)21)29(25,26)23-7-9-24(10-8-23)30(27,28)16-6-4-14(20)12(2)18(16)22/h3-6H,7-10H2,1-2H3. The zero-order valence-corrected chi connectivity index (χ0v) is 20.7. The first kappa shape index (κ1) is 24.1. The van der Waals surface area contributed by atoms with E-state index in [0.717, 1.165) is 0 Å². The van der Waals surface area contributed by atoms with Crippen molar-refractivity contribution in [3.8, 4) is 0 Å². The summed E-state index contributed by atoms with van der Waals surface area (Å²) < 4.78 is 54.5. The lowest BCUT2D eigenvalue weighted by atomic mass is 10.2. The van der Waals surface area contributed by atoms with Crippen LogP contribution in [0.15, 0.2) is 34.1 Å². The summed E-state index contributed by atoms with van der Waals surface area (Å²) >= 11 is 24.4. The normalized spacial score (nSPS) is 16.7. The Bertz CT molecular complexity index is 1110. The van der Waals surface area contributed by atoms with Crippen molar-refractivity contribution in [3.63, 3.8) is 0 Å². The third kappa shape index (κ3) is 4.21. The Labute approximate surface area is 196 Å². The van der Waals surface area contributed by atoms with E-state index in [-0.39, 0.29) is 46.0 Å². The first-order valence-electron chi connectivity index (χ1n) is 8.78. The molecule has 0 N–H and O–H groups in total. The highest BCUT2D eigenvalue weighted by Crippen LogP contribution is 2.34. The highest BCUT2D eigenvalue weighted by molar-refractivity contribution is 7.89. The molecule has 0 amide bonds. The van der Waals surface area contributed by atoms with Crippen molar-refractivity contribution in [2.45, 2.75) is 23.6 Å². The lowest BCUT2D eigenvalue weighted by molar-refractivity contribution is 0.273. The summed E-state index contributed by atoms with van der Waals surface area (Å²) in [6, 6.07) is 5.65. The van der Waals surface area contributed by atoms with Crippen LogP contribution in [0.25, 0.3) is 0 Å². The number of rotatable bonds is 4. The minimum Gasteiger partial charge on any atom is -0.207 e. The molecule has 0 radical (unpaired) electrons. The van der Waals surface area contributed by atoms with Gasteiger partial charge >= 0.3 is 0 Å². The molecule has 1 saturated heterocycles. The average molecular weight is 532 g/mol. The molecule has 12 heteroatoms. The van der Waals surface area contributed by atoms with E-state index in [4.69, 9.17) is 46.4 Å². The first-order chi connectivity index (χ1) is 13.9. The van der Waals surface area contributed by atoms with Gasteiger partial charge in [-0.1, -0.05) is 46.4 Å². The SMILES string of the molecule is Cc1c(Cl)ccc(S(=O)(=O)N2CCN(S(=O)(=O)c3ccc(Cl)c(C)c3Cl)CC2)c1Cl. The van der Waals surface area contributed by atoms with E-state index in [9.17, 15) is 16.8 Å². The molecule has 1 aliphatic heterocycles. The summed E-state index contributed by atoms with van der Waals surface area (Å²) in [4.78, 5) is -0.113. The number of benzene rings is 2. The van der Waals surface area contributed by atoms with Crippen LogP contribution in [0.4, 0.5) is 0 Å². The fourth-order valence-corrected chi connectivity index (χ4v) is 7.51. The van der Waals surface area contributed by atoms with Crippen molar-refractivity contribution in [1.82, 2.24) is 8.61 Å². The Balaban J connectivity index is 1.84. The topological polar surface area (TPSA) is 74.8 Å². The monoisotopic (exact) mass is 530 g/mol. The third-order valence-corrected chi connectivity index (χ3v) is 10.9. The summed E-state index contributed by atoms with van der Waals surface area (Å²) in [5.41, 5.74) is 0.932. The van der Waals surface area contributed by atoms with Crippen LogP contribution in [0.1, 0.15) is 11.1 Å². The van der Waals surface area contributed by atoms with Gasteiger partial charge in [-0.05, 0) is 49.2 Å². The van der Waals surface area contributed by atoms with Gasteiger partial charge in [0.2, 0.25) is 20.0 Å². The Morgan fingerprint density at radius 3 is 1.23 bits per heavy atom. The first-order valence-corrected chi connectivity index (χ1v) is 13.2. The third-order valence-electron chi connectivity index (χ3n) is 5.00. The zero-order chi connectivity index (χ0) is 22.4. The summed E-state index contributed by atoms with van der Waals surface area (Å²) in [6.07, 6.45) is 0. The van der Waals surface area contributed by atoms with E-state index in [2.05, 4.69) is 0 Å². The van der Waals surface area contributed by atoms with Gasteiger partial charge in [-0.3, -0.25) is 0 Å². The second-order valence-electron chi connectivity index (χ2n) is 6.78. The molecule has 0 unspecified atom stereocenters. The predicted octanol–water partition coefficient (Wildman–Crippen LogP) is 4.61. The van der Waals surface area contributed by atoms with E-state index in [1.54, 1.807) is 13.8 Å². The predicted molar refractivity (Wildman–Crippen MR) is 120 cm³/mol. The molecule has 30 heavy (non-hydrogen) atoms. The summed E-state index contributed by atoms with van der Waals surface area (Å²) in [5.74, 6) is 0. The van der Waals surface area contributed by atoms with Crippen LogP contribution in [0.3, 0.4) is 0 Å². The van der Waals surface area contributed by atoms with Gasteiger partial charge in [0.15, 0.2) is 0 Å². The molecule has 0 aromatic heterocycles. The van der Waals surface area contributed by atoms with E-state index in [1.807, 2.05) is 0 Å². The summed E-state index contributed by atoms with van der Waals surface area (Å²) in [6.45, 7) is 3.17. The van der Waals surface area contributed by atoms with Crippen LogP contribution < -0.4 is 0 Å². The quantitative estimate of drug-likeness (QED) is 0.577. The molecular weight excluding hydrogens is 514 g/mol. The van der Waals surface area contributed by atoms with Gasteiger partial charge in [-0.25, -0.2) is 16.8 Å². The molecule has 164 valence electrons. The molecule has 0 saturated carbocycles. The van der Waals surface area contributed by atoms with E-state index in [1.165, 1.54) is 32.9 Å². The van der Waals surface area contributed by atoms with E-state index in [0.29, 0.717) is 21.2 Å². The average Bonchev–Trinajstić information content (AvgIpc) is 2.70. The van der Waals surface area contributed by atoms with Crippen LogP contribution in [0.5, 0.6) is 0 Å². The van der Waals surface area contributed by atoms with Gasteiger partial charge in [0.1, 0.15) is 9.79 Å². The van der Waals surface area contributed by atoms with Crippen molar-refractivity contribution in [1.29, 1.82) is 0 Å². The molecule has 1 heterocycles. The fraction of sp³-hybridized carbons (Fsp3) is 0.333. The largest absolute Gasteiger partial charge is 0.244 e. The molecule has 6 nitrogen and oxygen atoms in total. The molecule has 2 aromatic rings. The van der Waals surface area contributed by atoms with Crippen LogP contribution in [0, 0.1) is 13.8 Å². The van der Waals surface area contributed by atoms with Crippen LogP contribution in [-0.2, 0) is 20.0 Å². The van der Waals surface area contributed by atoms with Crippen LogP contribution >= 0.6 is 46.4 Å². The fourth-order valence-electron chi connectivity index (χ4n) is 3.10. The lowest BCUT2D eigenvalue weighted by Crippen LogP contribution is -2.50. The maximum absolute atomic E-state index is 13.0. The Morgan fingerprint density at radius 1 is 0.633 bits per heavy atom. The molecule has 1 fully saturated rings. The van der Waals surface area contributed by atoms with Crippen molar-refractivity contribution < 1.29 is 16.8 Å². The highest BCUT2D eigenvalue weighted by atomic mass is 35.5. The maximum atomic E-state index is 13.0. The minimum absolute atomic E-state index is 0.0241. The van der Waals surface area contributed by atoms with Gasteiger partial charge in [0.25, 0.3) is 0 Å². The van der Waals surface area contributed by atoms with E-state index >= 15 is 0 Å². The number of hydrogen-bond donors (Lipinski definition) is 0. The van der Waals surface area contributed by atoms with Gasteiger partial charge in [0.05, 0.1) is 10.0 Å². The van der Waals surface area contributed by atoms with Gasteiger partial charge in [0, 0.05) is 36.2 Å². The van der Waals surface area contributed by atoms with Crippen molar-refractivity contribution in [3.05, 3.63) is 55.5 Å². The number of sulfonamides is 2. The van der Waals surface area contributed by atoms with Crippen LogP contribution in [0.2, 0.25) is 20.1 Å². The Hall–Kier alpha value is -0.580. The Kier molecular flexibility index (Phi) is 7.02. The lowest BCUT2D eigenvalue weighted by Gasteiger charge is -2.33. The second-order valence-corrected chi connectivity index (χ2v) is 12.2. The van der Waals surface area contributed by atoms with Crippen molar-refractivity contribution in [2.24, 2.45) is 0 Å². The zero-order valence-electron chi connectivity index (χ0n) is 16.0. The molecule has 0 aliphatic carbocycles. The molecule has 2 aromatic carbocycles. The smallest absolute Gasteiger partial charge is 0.207 e. The number of piperazine rings is 1. The maximum Gasteiger partial charge on any atom is 0.244 e. The Morgan fingerprint density at radius 2 is 0.933 bits per heavy atom. The number of hydrogen-bond acceptors (Lipinski definition) is 4. The number of halogens is 4. The minimum atomic E-state index is -3.91. The molecule has 1 aliphatic rings. The number of nitrogens with zero attached hydrogens (tertiary/aromatic N) is 2. The molecule has 3 rings (SSSR count).